The molecule has 47 heavy (non-hydrogen) atoms. The van der Waals surface area contributed by atoms with Gasteiger partial charge in [0.05, 0.1) is 33.9 Å². The van der Waals surface area contributed by atoms with Gasteiger partial charge in [-0.2, -0.15) is 0 Å². The first-order valence-electron chi connectivity index (χ1n) is 15.5. The lowest BCUT2D eigenvalue weighted by Crippen LogP contribution is -2.39. The molecule has 1 N–H and O–H groups in total. The average Bonchev–Trinajstić information content (AvgIpc) is 3.15. The third-order valence-corrected chi connectivity index (χ3v) is 8.92. The number of hydrogen-bond acceptors (Lipinski definition) is 5. The zero-order valence-electron chi connectivity index (χ0n) is 27.0. The van der Waals surface area contributed by atoms with E-state index in [0.29, 0.717) is 17.1 Å². The number of hydrogen-bond donors (Lipinski definition) is 1. The van der Waals surface area contributed by atoms with Crippen molar-refractivity contribution in [1.29, 1.82) is 0 Å². The van der Waals surface area contributed by atoms with Crippen LogP contribution >= 0.6 is 0 Å². The summed E-state index contributed by atoms with van der Waals surface area (Å²) >= 11 is 0. The molecule has 0 saturated heterocycles. The van der Waals surface area contributed by atoms with Crippen molar-refractivity contribution in [2.75, 3.05) is 28.4 Å². The molecule has 0 spiro atoms. The van der Waals surface area contributed by atoms with Crippen molar-refractivity contribution in [3.63, 3.8) is 0 Å². The summed E-state index contributed by atoms with van der Waals surface area (Å²) < 4.78 is 22.2. The molecule has 0 fully saturated rings. The van der Waals surface area contributed by atoms with Gasteiger partial charge in [0, 0.05) is 11.1 Å². The normalized spacial score (nSPS) is 16.0. The minimum atomic E-state index is -1.34. The molecule has 0 amide bonds. The molecule has 2 aliphatic rings. The Morgan fingerprint density at radius 3 is 1.55 bits per heavy atom. The number of allylic oxidation sites excluding steroid dienone is 6. The van der Waals surface area contributed by atoms with Gasteiger partial charge in [-0.25, -0.2) is 0 Å². The first-order valence-corrected chi connectivity index (χ1v) is 15.5. The SMILES string of the molecule is COc1cccc(C(O)(c2ccccc2)c2ccccc2)c1OC.COc1cccc(C2(c3ccccc3)c3cccc2c3)c1OC. The summed E-state index contributed by atoms with van der Waals surface area (Å²) in [4.78, 5) is 0. The number of ether oxygens (including phenoxy) is 4. The predicted octanol–water partition coefficient (Wildman–Crippen LogP) is 8.41. The monoisotopic (exact) mass is 622 g/mol. The van der Waals surface area contributed by atoms with Crippen LogP contribution in [0.3, 0.4) is 0 Å². The Kier molecular flexibility index (Phi) is 9.01. The van der Waals surface area contributed by atoms with E-state index in [2.05, 4.69) is 54.6 Å². The number of aliphatic hydroxyl groups is 1. The van der Waals surface area contributed by atoms with Crippen molar-refractivity contribution in [3.05, 3.63) is 191 Å². The van der Waals surface area contributed by atoms with Gasteiger partial charge in [-0.15, -0.1) is 0 Å². The molecule has 0 heterocycles. The van der Waals surface area contributed by atoms with Crippen LogP contribution in [0.4, 0.5) is 0 Å². The maximum atomic E-state index is 11.8. The highest BCUT2D eigenvalue weighted by molar-refractivity contribution is 5.76. The number of benzene rings is 5. The number of para-hydroxylation sites is 2. The molecule has 5 aromatic carbocycles. The maximum absolute atomic E-state index is 11.8. The number of methoxy groups -OCH3 is 4. The van der Waals surface area contributed by atoms with Crippen LogP contribution < -0.4 is 18.9 Å². The summed E-state index contributed by atoms with van der Waals surface area (Å²) in [7, 11) is 6.55. The Morgan fingerprint density at radius 1 is 0.532 bits per heavy atom. The molecule has 5 heteroatoms. The summed E-state index contributed by atoms with van der Waals surface area (Å²) in [6, 6.07) is 41.4. The number of fused-ring (bicyclic) bond motifs is 2. The molecule has 0 saturated carbocycles. The number of rotatable bonds is 9. The van der Waals surface area contributed by atoms with Gasteiger partial charge in [0.15, 0.2) is 23.0 Å². The largest absolute Gasteiger partial charge is 0.493 e. The van der Waals surface area contributed by atoms with Crippen molar-refractivity contribution >= 4 is 0 Å². The van der Waals surface area contributed by atoms with E-state index in [1.165, 1.54) is 16.7 Å². The van der Waals surface area contributed by atoms with E-state index in [1.807, 2.05) is 97.1 Å². The fourth-order valence-electron chi connectivity index (χ4n) is 6.75. The molecule has 5 nitrogen and oxygen atoms in total. The predicted molar refractivity (Wildman–Crippen MR) is 187 cm³/mol. The fourth-order valence-corrected chi connectivity index (χ4v) is 6.75. The highest BCUT2D eigenvalue weighted by Gasteiger charge is 2.49. The minimum Gasteiger partial charge on any atom is -0.493 e. The van der Waals surface area contributed by atoms with Gasteiger partial charge in [-0.05, 0) is 40.0 Å². The third-order valence-electron chi connectivity index (χ3n) is 8.92. The fraction of sp³-hybridized carbons (Fsp3) is 0.143. The van der Waals surface area contributed by atoms with E-state index < -0.39 is 5.60 Å². The maximum Gasteiger partial charge on any atom is 0.167 e. The Morgan fingerprint density at radius 2 is 1.06 bits per heavy atom. The first-order chi connectivity index (χ1) is 23.0. The van der Waals surface area contributed by atoms with Crippen molar-refractivity contribution in [1.82, 2.24) is 0 Å². The molecular weight excluding hydrogens is 584 g/mol. The molecule has 2 bridgehead atoms. The Balaban J connectivity index is 0.000000164. The van der Waals surface area contributed by atoms with Crippen molar-refractivity contribution < 1.29 is 24.1 Å². The lowest BCUT2D eigenvalue weighted by atomic mass is 9.55. The first kappa shape index (κ1) is 31.5. The van der Waals surface area contributed by atoms with Crippen molar-refractivity contribution in [3.8, 4) is 23.0 Å². The topological polar surface area (TPSA) is 57.2 Å². The second kappa shape index (κ2) is 13.5. The van der Waals surface area contributed by atoms with Gasteiger partial charge in [0.1, 0.15) is 5.60 Å². The van der Waals surface area contributed by atoms with E-state index >= 15 is 0 Å². The molecule has 0 aromatic heterocycles. The van der Waals surface area contributed by atoms with E-state index in [9.17, 15) is 5.11 Å². The van der Waals surface area contributed by atoms with Crippen LogP contribution in [0, 0.1) is 0 Å². The van der Waals surface area contributed by atoms with Gasteiger partial charge >= 0.3 is 0 Å². The van der Waals surface area contributed by atoms with Crippen molar-refractivity contribution in [2.24, 2.45) is 0 Å². The Labute approximate surface area is 276 Å². The highest BCUT2D eigenvalue weighted by Crippen LogP contribution is 2.58. The molecule has 0 aliphatic heterocycles. The van der Waals surface area contributed by atoms with Gasteiger partial charge in [0.25, 0.3) is 0 Å². The van der Waals surface area contributed by atoms with E-state index in [1.54, 1.807) is 28.4 Å². The summed E-state index contributed by atoms with van der Waals surface area (Å²) in [5.74, 6) is 2.66. The summed E-state index contributed by atoms with van der Waals surface area (Å²) in [6.07, 6.45) is 8.71. The molecule has 2 aliphatic carbocycles. The van der Waals surface area contributed by atoms with Gasteiger partial charge in [-0.3, -0.25) is 0 Å². The second-order valence-corrected chi connectivity index (χ2v) is 11.2. The lowest BCUT2D eigenvalue weighted by molar-refractivity contribution is 0.121. The molecule has 7 rings (SSSR count). The zero-order chi connectivity index (χ0) is 32.9. The van der Waals surface area contributed by atoms with Crippen LogP contribution in [0.15, 0.2) is 163 Å². The minimum absolute atomic E-state index is 0.268. The van der Waals surface area contributed by atoms with Crippen LogP contribution in [0.1, 0.15) is 27.8 Å². The average molecular weight is 623 g/mol. The summed E-state index contributed by atoms with van der Waals surface area (Å²) in [5, 5.41) is 11.8. The molecule has 1 unspecified atom stereocenters. The quantitative estimate of drug-likeness (QED) is 0.167. The van der Waals surface area contributed by atoms with Crippen LogP contribution in [-0.2, 0) is 11.0 Å². The third kappa shape index (κ3) is 5.29. The molecule has 1 atom stereocenters. The summed E-state index contributed by atoms with van der Waals surface area (Å²) in [6.45, 7) is 0. The molecule has 236 valence electrons. The Bertz CT molecular complexity index is 1870. The molecule has 0 radical (unpaired) electrons. The van der Waals surface area contributed by atoms with Crippen LogP contribution in [-0.4, -0.2) is 33.5 Å². The Hall–Kier alpha value is -5.52. The van der Waals surface area contributed by atoms with E-state index in [4.69, 9.17) is 18.9 Å². The summed E-state index contributed by atoms with van der Waals surface area (Å²) in [5.41, 5.74) is 5.50. The van der Waals surface area contributed by atoms with Gasteiger partial charge in [0.2, 0.25) is 0 Å². The molecular formula is C42H38O5. The van der Waals surface area contributed by atoms with E-state index in [0.717, 1.165) is 28.2 Å². The second-order valence-electron chi connectivity index (χ2n) is 11.2. The van der Waals surface area contributed by atoms with Gasteiger partial charge < -0.3 is 24.1 Å². The standard InChI is InChI=1S/C21H20O3.C21H18O2/c1-23-19-15-9-14-18(20(19)24-2)21(22,16-10-5-3-6-11-16)17-12-7-4-8-13-17;1-22-19-13-7-12-18(20(19)23-2)21(15-8-4-3-5-9-15)16-10-6-11-17(21)14-16/h3-15,22H,1-2H3;3-14H,1-2H3. The van der Waals surface area contributed by atoms with Crippen LogP contribution in [0.2, 0.25) is 0 Å². The lowest BCUT2D eigenvalue weighted by Gasteiger charge is -2.46. The van der Waals surface area contributed by atoms with Crippen LogP contribution in [0.25, 0.3) is 0 Å². The van der Waals surface area contributed by atoms with Gasteiger partial charge in [-0.1, -0.05) is 140 Å². The zero-order valence-corrected chi connectivity index (χ0v) is 27.0. The molecule has 5 aromatic rings. The van der Waals surface area contributed by atoms with Crippen LogP contribution in [0.5, 0.6) is 23.0 Å². The van der Waals surface area contributed by atoms with Crippen molar-refractivity contribution in [2.45, 2.75) is 11.0 Å². The highest BCUT2D eigenvalue weighted by atomic mass is 16.5. The smallest absolute Gasteiger partial charge is 0.167 e. The van der Waals surface area contributed by atoms with E-state index in [-0.39, 0.29) is 5.41 Å².